The summed E-state index contributed by atoms with van der Waals surface area (Å²) in [5.41, 5.74) is 3.17. The number of amides is 1. The summed E-state index contributed by atoms with van der Waals surface area (Å²) in [7, 11) is 0. The minimum absolute atomic E-state index is 0.171. The Balaban J connectivity index is 1.32. The molecular formula is C22H24N4OS. The van der Waals surface area contributed by atoms with Crippen LogP contribution in [-0.4, -0.2) is 51.9 Å². The smallest absolute Gasteiger partial charge is 0.228 e. The van der Waals surface area contributed by atoms with Gasteiger partial charge in [-0.05, 0) is 24.1 Å². The van der Waals surface area contributed by atoms with E-state index in [1.165, 1.54) is 5.56 Å². The van der Waals surface area contributed by atoms with Crippen LogP contribution in [0.1, 0.15) is 17.7 Å². The van der Waals surface area contributed by atoms with Gasteiger partial charge in [0.15, 0.2) is 0 Å². The number of nitrogens with zero attached hydrogens (tertiary/aromatic N) is 4. The lowest BCUT2D eigenvalue weighted by Gasteiger charge is -2.22. The molecule has 0 radical (unpaired) electrons. The van der Waals surface area contributed by atoms with E-state index in [0.717, 1.165) is 55.4 Å². The lowest BCUT2D eigenvalue weighted by molar-refractivity contribution is -0.130. The van der Waals surface area contributed by atoms with Crippen LogP contribution in [0.25, 0.3) is 10.6 Å². The monoisotopic (exact) mass is 392 g/mol. The first-order chi connectivity index (χ1) is 13.8. The first-order valence-electron chi connectivity index (χ1n) is 9.67. The van der Waals surface area contributed by atoms with E-state index in [-0.39, 0.29) is 5.91 Å². The summed E-state index contributed by atoms with van der Waals surface area (Å²) in [6.45, 7) is 4.50. The van der Waals surface area contributed by atoms with Gasteiger partial charge in [-0.3, -0.25) is 14.7 Å². The summed E-state index contributed by atoms with van der Waals surface area (Å²) < 4.78 is 0. The molecule has 0 N–H and O–H groups in total. The fourth-order valence-electron chi connectivity index (χ4n) is 3.50. The van der Waals surface area contributed by atoms with Crippen molar-refractivity contribution in [3.8, 4) is 10.6 Å². The first-order valence-corrected chi connectivity index (χ1v) is 10.5. The zero-order valence-electron chi connectivity index (χ0n) is 15.8. The van der Waals surface area contributed by atoms with Crippen molar-refractivity contribution in [2.24, 2.45) is 0 Å². The highest BCUT2D eigenvalue weighted by atomic mass is 32.1. The van der Waals surface area contributed by atoms with Gasteiger partial charge >= 0.3 is 0 Å². The van der Waals surface area contributed by atoms with Crippen LogP contribution in [0.3, 0.4) is 0 Å². The molecule has 3 heterocycles. The maximum Gasteiger partial charge on any atom is 0.228 e. The van der Waals surface area contributed by atoms with Crippen LogP contribution in [0.5, 0.6) is 0 Å². The third-order valence-electron chi connectivity index (χ3n) is 4.98. The second-order valence-corrected chi connectivity index (χ2v) is 7.92. The Morgan fingerprint density at radius 1 is 1.04 bits per heavy atom. The summed E-state index contributed by atoms with van der Waals surface area (Å²) in [5.74, 6) is 0.171. The van der Waals surface area contributed by atoms with Crippen LogP contribution < -0.4 is 0 Å². The van der Waals surface area contributed by atoms with Gasteiger partial charge < -0.3 is 4.90 Å². The summed E-state index contributed by atoms with van der Waals surface area (Å²) in [6.07, 6.45) is 4.94. The van der Waals surface area contributed by atoms with Crippen molar-refractivity contribution in [1.29, 1.82) is 0 Å². The number of carbonyl (C=O) groups is 1. The Morgan fingerprint density at radius 3 is 2.75 bits per heavy atom. The van der Waals surface area contributed by atoms with E-state index in [4.69, 9.17) is 0 Å². The average molecular weight is 393 g/mol. The van der Waals surface area contributed by atoms with E-state index in [2.05, 4.69) is 39.1 Å². The van der Waals surface area contributed by atoms with Crippen molar-refractivity contribution < 1.29 is 4.79 Å². The van der Waals surface area contributed by atoms with Crippen molar-refractivity contribution >= 4 is 17.2 Å². The van der Waals surface area contributed by atoms with Crippen LogP contribution >= 0.6 is 11.3 Å². The predicted octanol–water partition coefficient (Wildman–Crippen LogP) is 3.48. The van der Waals surface area contributed by atoms with Crippen molar-refractivity contribution in [3.05, 3.63) is 71.5 Å². The van der Waals surface area contributed by atoms with Gasteiger partial charge in [-0.2, -0.15) is 0 Å². The Hall–Kier alpha value is -2.57. The van der Waals surface area contributed by atoms with Crippen molar-refractivity contribution in [2.45, 2.75) is 19.4 Å². The van der Waals surface area contributed by atoms with Gasteiger partial charge in [0.25, 0.3) is 0 Å². The molecule has 1 aliphatic heterocycles. The van der Waals surface area contributed by atoms with Crippen LogP contribution in [0.15, 0.2) is 60.2 Å². The molecule has 1 aromatic carbocycles. The maximum absolute atomic E-state index is 12.8. The molecule has 0 bridgehead atoms. The molecule has 5 nitrogen and oxygen atoms in total. The van der Waals surface area contributed by atoms with Crippen LogP contribution in [0.4, 0.5) is 0 Å². The van der Waals surface area contributed by atoms with Crippen molar-refractivity contribution in [3.63, 3.8) is 0 Å². The van der Waals surface area contributed by atoms with Gasteiger partial charge in [-0.25, -0.2) is 4.98 Å². The molecule has 1 saturated heterocycles. The molecule has 0 unspecified atom stereocenters. The zero-order chi connectivity index (χ0) is 19.2. The van der Waals surface area contributed by atoms with Gasteiger partial charge in [0.2, 0.25) is 5.91 Å². The number of hydrogen-bond donors (Lipinski definition) is 0. The Bertz CT molecular complexity index is 897. The fourth-order valence-corrected chi connectivity index (χ4v) is 4.31. The molecule has 0 atom stereocenters. The quantitative estimate of drug-likeness (QED) is 0.667. The predicted molar refractivity (Wildman–Crippen MR) is 112 cm³/mol. The molecule has 1 amide bonds. The van der Waals surface area contributed by atoms with E-state index in [1.54, 1.807) is 23.7 Å². The standard InChI is InChI=1S/C22H24N4OS/c27-21(14-20-17-28-22(24-20)19-8-4-9-23-15-19)26-11-5-10-25(12-13-26)16-18-6-2-1-3-7-18/h1-4,6-9,15,17H,5,10-14,16H2. The zero-order valence-corrected chi connectivity index (χ0v) is 16.6. The van der Waals surface area contributed by atoms with Gasteiger partial charge in [0.1, 0.15) is 5.01 Å². The highest BCUT2D eigenvalue weighted by Gasteiger charge is 2.20. The lowest BCUT2D eigenvalue weighted by Crippen LogP contribution is -2.36. The number of rotatable bonds is 5. The molecule has 144 valence electrons. The Labute approximate surface area is 169 Å². The lowest BCUT2D eigenvalue weighted by atomic mass is 10.2. The largest absolute Gasteiger partial charge is 0.341 e. The van der Waals surface area contributed by atoms with E-state index in [9.17, 15) is 4.79 Å². The number of carbonyl (C=O) groups excluding carboxylic acids is 1. The molecule has 28 heavy (non-hydrogen) atoms. The first kappa shape index (κ1) is 18.8. The summed E-state index contributed by atoms with van der Waals surface area (Å²) >= 11 is 1.57. The van der Waals surface area contributed by atoms with Crippen LogP contribution in [0, 0.1) is 0 Å². The van der Waals surface area contributed by atoms with Crippen molar-refractivity contribution in [1.82, 2.24) is 19.8 Å². The molecular weight excluding hydrogens is 368 g/mol. The normalized spacial score (nSPS) is 15.4. The maximum atomic E-state index is 12.8. The molecule has 0 aliphatic carbocycles. The number of hydrogen-bond acceptors (Lipinski definition) is 5. The number of pyridine rings is 1. The molecule has 6 heteroatoms. The van der Waals surface area contributed by atoms with Crippen LogP contribution in [0.2, 0.25) is 0 Å². The third-order valence-corrected chi connectivity index (χ3v) is 5.92. The molecule has 3 aromatic rings. The average Bonchev–Trinajstić information content (AvgIpc) is 3.07. The highest BCUT2D eigenvalue weighted by Crippen LogP contribution is 2.23. The number of benzene rings is 1. The highest BCUT2D eigenvalue weighted by molar-refractivity contribution is 7.13. The summed E-state index contributed by atoms with van der Waals surface area (Å²) in [4.78, 5) is 26.0. The molecule has 4 rings (SSSR count). The van der Waals surface area contributed by atoms with E-state index in [0.29, 0.717) is 6.42 Å². The number of aromatic nitrogens is 2. The van der Waals surface area contributed by atoms with Crippen molar-refractivity contribution in [2.75, 3.05) is 26.2 Å². The SMILES string of the molecule is O=C(Cc1csc(-c2cccnc2)n1)N1CCCN(Cc2ccccc2)CC1. The minimum atomic E-state index is 0.171. The third kappa shape index (κ3) is 4.82. The molecule has 1 fully saturated rings. The molecule has 0 spiro atoms. The molecule has 1 aliphatic rings. The fraction of sp³-hybridized carbons (Fsp3) is 0.318. The summed E-state index contributed by atoms with van der Waals surface area (Å²) in [5, 5.41) is 2.90. The number of thiazole rings is 1. The summed E-state index contributed by atoms with van der Waals surface area (Å²) in [6, 6.07) is 14.4. The van der Waals surface area contributed by atoms with E-state index >= 15 is 0 Å². The second-order valence-electron chi connectivity index (χ2n) is 7.06. The molecule has 2 aromatic heterocycles. The van der Waals surface area contributed by atoms with E-state index in [1.807, 2.05) is 28.5 Å². The van der Waals surface area contributed by atoms with Gasteiger partial charge in [0.05, 0.1) is 12.1 Å². The topological polar surface area (TPSA) is 49.3 Å². The van der Waals surface area contributed by atoms with Gasteiger partial charge in [-0.15, -0.1) is 11.3 Å². The van der Waals surface area contributed by atoms with Gasteiger partial charge in [-0.1, -0.05) is 30.3 Å². The Kier molecular flexibility index (Phi) is 6.09. The Morgan fingerprint density at radius 2 is 1.93 bits per heavy atom. The molecule has 0 saturated carbocycles. The second kappa shape index (κ2) is 9.08. The van der Waals surface area contributed by atoms with Gasteiger partial charge in [0, 0.05) is 56.1 Å². The van der Waals surface area contributed by atoms with Crippen LogP contribution in [-0.2, 0) is 17.8 Å². The minimum Gasteiger partial charge on any atom is -0.341 e. The van der Waals surface area contributed by atoms with E-state index < -0.39 is 0 Å².